The molecule has 0 aromatic heterocycles. The molecule has 4 aliphatic rings. The van der Waals surface area contributed by atoms with Crippen molar-refractivity contribution in [2.75, 3.05) is 0 Å². The first-order valence-electron chi connectivity index (χ1n) is 11.4. The average Bonchev–Trinajstić information content (AvgIpc) is 2.73. The zero-order valence-corrected chi connectivity index (χ0v) is 20.4. The summed E-state index contributed by atoms with van der Waals surface area (Å²) in [6.07, 6.45) is 6.00. The van der Waals surface area contributed by atoms with Gasteiger partial charge in [0.2, 0.25) is 6.29 Å². The van der Waals surface area contributed by atoms with E-state index in [9.17, 15) is 20.4 Å². The van der Waals surface area contributed by atoms with Crippen molar-refractivity contribution >= 4 is 26.6 Å². The summed E-state index contributed by atoms with van der Waals surface area (Å²) < 4.78 is 80.3. The average molecular weight is 529 g/mol. The highest BCUT2D eigenvalue weighted by molar-refractivity contribution is 7.91. The van der Waals surface area contributed by atoms with Crippen molar-refractivity contribution < 1.29 is 38.2 Å². The monoisotopic (exact) mass is 528 g/mol. The van der Waals surface area contributed by atoms with Crippen molar-refractivity contribution in [3.63, 3.8) is 0 Å². The van der Waals surface area contributed by atoms with E-state index in [0.717, 1.165) is 19.3 Å². The van der Waals surface area contributed by atoms with Crippen molar-refractivity contribution in [3.05, 3.63) is 48.5 Å². The maximum atomic E-state index is 13.3. The largest absolute Gasteiger partial charge is 0.488 e. The number of halogens is 2. The lowest BCUT2D eigenvalue weighted by Gasteiger charge is -2.58. The molecule has 2 atom stereocenters. The molecule has 2 aromatic rings. The Kier molecular flexibility index (Phi) is 6.11. The third-order valence-corrected chi connectivity index (χ3v) is 7.97. The standard InChI is InChI=1S/C24H26F2O7S2/c1-34(25,27)32-21-6-2-19(3-7-21)30-23(24-13-16-10-17(14-24)12-18(11-16)15-24)31-20-4-8-22(9-5-20)33-35(26,28)29/h2-9,16-18,23H,1,10-15H2. The van der Waals surface area contributed by atoms with Gasteiger partial charge in [0, 0.05) is 11.3 Å². The Morgan fingerprint density at radius 3 is 1.46 bits per heavy atom. The molecule has 0 heterocycles. The van der Waals surface area contributed by atoms with Crippen LogP contribution >= 0.6 is 0 Å². The van der Waals surface area contributed by atoms with Gasteiger partial charge in [0.15, 0.2) is 0 Å². The summed E-state index contributed by atoms with van der Waals surface area (Å²) in [5.74, 6) is 5.51. The highest BCUT2D eigenvalue weighted by atomic mass is 32.3. The van der Waals surface area contributed by atoms with Crippen molar-refractivity contribution in [3.8, 4) is 23.0 Å². The Balaban J connectivity index is 1.39. The highest BCUT2D eigenvalue weighted by Gasteiger charge is 2.56. The predicted octanol–water partition coefficient (Wildman–Crippen LogP) is 5.17. The van der Waals surface area contributed by atoms with Crippen LogP contribution in [0.15, 0.2) is 48.5 Å². The van der Waals surface area contributed by atoms with Crippen molar-refractivity contribution in [1.29, 1.82) is 0 Å². The second kappa shape index (κ2) is 8.85. The highest BCUT2D eigenvalue weighted by Crippen LogP contribution is 2.61. The minimum atomic E-state index is -5.12. The third-order valence-electron chi connectivity index (χ3n) is 7.14. The van der Waals surface area contributed by atoms with Crippen molar-refractivity contribution in [1.82, 2.24) is 0 Å². The second-order valence-corrected chi connectivity index (χ2v) is 12.1. The van der Waals surface area contributed by atoms with Crippen LogP contribution in [0.3, 0.4) is 0 Å². The van der Waals surface area contributed by atoms with E-state index in [1.807, 2.05) is 0 Å². The van der Waals surface area contributed by atoms with Gasteiger partial charge in [-0.3, -0.25) is 0 Å². The maximum Gasteiger partial charge on any atom is 0.488 e. The minimum absolute atomic E-state index is 0.0607. The fourth-order valence-corrected chi connectivity index (χ4v) is 7.13. The Morgan fingerprint density at radius 1 is 0.714 bits per heavy atom. The van der Waals surface area contributed by atoms with Gasteiger partial charge < -0.3 is 17.8 Å². The molecule has 7 nitrogen and oxygen atoms in total. The first-order valence-corrected chi connectivity index (χ1v) is 14.2. The van der Waals surface area contributed by atoms with Gasteiger partial charge in [0.25, 0.3) is 10.2 Å². The normalized spacial score (nSPS) is 29.7. The van der Waals surface area contributed by atoms with E-state index in [1.54, 1.807) is 12.1 Å². The predicted molar refractivity (Wildman–Crippen MR) is 126 cm³/mol. The Bertz CT molecular complexity index is 1160. The summed E-state index contributed by atoms with van der Waals surface area (Å²) in [4.78, 5) is 0. The first kappa shape index (κ1) is 24.2. The molecule has 0 aliphatic heterocycles. The van der Waals surface area contributed by atoms with Crippen LogP contribution in [0.2, 0.25) is 0 Å². The maximum absolute atomic E-state index is 13.3. The van der Waals surface area contributed by atoms with Crippen LogP contribution in [0, 0.1) is 23.2 Å². The van der Waals surface area contributed by atoms with E-state index in [0.29, 0.717) is 29.3 Å². The molecule has 0 radical (unpaired) electrons. The Labute approximate surface area is 204 Å². The van der Waals surface area contributed by atoms with Crippen LogP contribution < -0.4 is 17.8 Å². The van der Waals surface area contributed by atoms with Gasteiger partial charge in [-0.25, -0.2) is 0 Å². The molecule has 0 N–H and O–H groups in total. The molecule has 4 bridgehead atoms. The summed E-state index contributed by atoms with van der Waals surface area (Å²) in [5, 5.41) is 0. The van der Waals surface area contributed by atoms with Gasteiger partial charge in [-0.15, -0.1) is 3.89 Å². The van der Waals surface area contributed by atoms with E-state index in [1.165, 1.54) is 55.7 Å². The molecule has 4 fully saturated rings. The zero-order valence-electron chi connectivity index (χ0n) is 18.8. The molecule has 2 unspecified atom stereocenters. The number of benzene rings is 2. The van der Waals surface area contributed by atoms with Crippen molar-refractivity contribution in [2.24, 2.45) is 23.2 Å². The molecule has 0 amide bonds. The van der Waals surface area contributed by atoms with Gasteiger partial charge in [-0.1, -0.05) is 3.89 Å². The van der Waals surface area contributed by atoms with E-state index in [2.05, 4.69) is 14.2 Å². The second-order valence-electron chi connectivity index (χ2n) is 9.89. The van der Waals surface area contributed by atoms with Crippen LogP contribution in [-0.4, -0.2) is 24.8 Å². The van der Waals surface area contributed by atoms with E-state index < -0.39 is 27.0 Å². The topological polar surface area (TPSA) is 88.1 Å². The molecule has 2 aromatic carbocycles. The Morgan fingerprint density at radius 2 is 1.09 bits per heavy atom. The lowest BCUT2D eigenvalue weighted by atomic mass is 9.49. The number of hydrogen-bond donors (Lipinski definition) is 0. The molecule has 11 heteroatoms. The van der Waals surface area contributed by atoms with E-state index >= 15 is 0 Å². The van der Waals surface area contributed by atoms with Crippen LogP contribution in [0.25, 0.3) is 0 Å². The smallest absolute Gasteiger partial charge is 0.454 e. The summed E-state index contributed by atoms with van der Waals surface area (Å²) in [6.45, 7) is 0. The zero-order chi connectivity index (χ0) is 24.8. The Hall–Kier alpha value is -2.53. The fourth-order valence-electron chi connectivity index (χ4n) is 6.39. The molecule has 35 heavy (non-hydrogen) atoms. The molecule has 0 saturated heterocycles. The molecular weight excluding hydrogens is 502 g/mol. The van der Waals surface area contributed by atoms with Gasteiger partial charge >= 0.3 is 10.5 Å². The summed E-state index contributed by atoms with van der Waals surface area (Å²) >= 11 is 0. The summed E-state index contributed by atoms with van der Waals surface area (Å²) in [5.41, 5.74) is -0.192. The number of rotatable bonds is 9. The molecule has 4 aliphatic carbocycles. The number of ether oxygens (including phenoxy) is 2. The summed E-state index contributed by atoms with van der Waals surface area (Å²) in [7, 11) is -9.26. The first-order chi connectivity index (χ1) is 16.4. The molecule has 4 saturated carbocycles. The van der Waals surface area contributed by atoms with Gasteiger partial charge in [-0.05, 0) is 105 Å². The summed E-state index contributed by atoms with van der Waals surface area (Å²) in [6, 6.07) is 11.7. The van der Waals surface area contributed by atoms with Crippen LogP contribution in [0.5, 0.6) is 23.0 Å². The van der Waals surface area contributed by atoms with Crippen LogP contribution in [0.1, 0.15) is 38.5 Å². The SMILES string of the molecule is C=S(=O)(F)Oc1ccc(OC(Oc2ccc(OS(=O)(=O)F)cc2)C23CC4CC(CC(C4)C2)C3)cc1. The van der Waals surface area contributed by atoms with Crippen LogP contribution in [-0.2, 0) is 20.7 Å². The van der Waals surface area contributed by atoms with E-state index in [4.69, 9.17) is 9.47 Å². The lowest BCUT2D eigenvalue weighted by Crippen LogP contribution is -2.55. The third kappa shape index (κ3) is 5.83. The molecular formula is C24H26F2O7S2. The van der Waals surface area contributed by atoms with Gasteiger partial charge in [0.1, 0.15) is 23.0 Å². The van der Waals surface area contributed by atoms with Gasteiger partial charge in [0.05, 0.1) is 0 Å². The molecule has 0 spiro atoms. The van der Waals surface area contributed by atoms with E-state index in [-0.39, 0.29) is 16.9 Å². The lowest BCUT2D eigenvalue weighted by molar-refractivity contribution is -0.178. The minimum Gasteiger partial charge on any atom is -0.454 e. The van der Waals surface area contributed by atoms with Gasteiger partial charge in [-0.2, -0.15) is 12.6 Å². The molecule has 190 valence electrons. The van der Waals surface area contributed by atoms with Crippen molar-refractivity contribution in [2.45, 2.75) is 44.8 Å². The quantitative estimate of drug-likeness (QED) is 0.252. The fraction of sp³-hybridized carbons (Fsp3) is 0.458. The van der Waals surface area contributed by atoms with Crippen LogP contribution in [0.4, 0.5) is 7.77 Å². The molecule has 6 rings (SSSR count). The number of hydrogen-bond acceptors (Lipinski definition) is 7.